The molecule has 0 radical (unpaired) electrons. The van der Waals surface area contributed by atoms with E-state index in [0.717, 1.165) is 11.9 Å². The van der Waals surface area contributed by atoms with Crippen LogP contribution in [0.15, 0.2) is 46.8 Å². The summed E-state index contributed by atoms with van der Waals surface area (Å²) in [5.74, 6) is -2.06. The van der Waals surface area contributed by atoms with Crippen molar-refractivity contribution in [2.45, 2.75) is 32.9 Å². The molecular weight excluding hydrogens is 470 g/mol. The summed E-state index contributed by atoms with van der Waals surface area (Å²) in [5.41, 5.74) is 1.84. The third-order valence-corrected chi connectivity index (χ3v) is 5.50. The Kier molecular flexibility index (Phi) is 10.1. The van der Waals surface area contributed by atoms with E-state index in [-0.39, 0.29) is 24.4 Å². The fraction of sp³-hybridized carbons (Fsp3) is 0.409. The van der Waals surface area contributed by atoms with Crippen molar-refractivity contribution >= 4 is 41.5 Å². The van der Waals surface area contributed by atoms with Crippen LogP contribution in [-0.2, 0) is 23.8 Å². The van der Waals surface area contributed by atoms with Crippen LogP contribution >= 0.6 is 23.5 Å². The van der Waals surface area contributed by atoms with Crippen molar-refractivity contribution in [2.75, 3.05) is 26.6 Å². The fourth-order valence-corrected chi connectivity index (χ4v) is 3.91. The molecule has 0 saturated carbocycles. The van der Waals surface area contributed by atoms with Gasteiger partial charge < -0.3 is 24.8 Å². The van der Waals surface area contributed by atoms with E-state index in [2.05, 4.69) is 15.4 Å². The molecule has 2 atom stereocenters. The van der Waals surface area contributed by atoms with Gasteiger partial charge in [-0.2, -0.15) is 0 Å². The highest BCUT2D eigenvalue weighted by atomic mass is 35.5. The zero-order chi connectivity index (χ0) is 24.5. The normalized spacial score (nSPS) is 16.6. The molecule has 2 unspecified atom stereocenters. The zero-order valence-electron chi connectivity index (χ0n) is 19.1. The number of benzene rings is 1. The first-order valence-corrected chi connectivity index (χ1v) is 11.8. The van der Waals surface area contributed by atoms with Crippen molar-refractivity contribution in [1.82, 2.24) is 15.4 Å². The van der Waals surface area contributed by atoms with E-state index in [4.69, 9.17) is 25.8 Å². The zero-order valence-corrected chi connectivity index (χ0v) is 20.7. The minimum atomic E-state index is -0.840. The Labute approximate surface area is 202 Å². The third kappa shape index (κ3) is 6.66. The molecule has 1 aromatic rings. The molecule has 0 saturated heterocycles. The molecule has 0 spiro atoms. The molecule has 1 aliphatic heterocycles. The van der Waals surface area contributed by atoms with Crippen molar-refractivity contribution < 1.29 is 28.6 Å². The summed E-state index contributed by atoms with van der Waals surface area (Å²) in [4.78, 5) is 37.6. The molecule has 0 fully saturated rings. The van der Waals surface area contributed by atoms with Crippen LogP contribution in [0.1, 0.15) is 32.3 Å². The minimum Gasteiger partial charge on any atom is -0.466 e. The minimum absolute atomic E-state index is 0.0678. The molecule has 1 heterocycles. The summed E-state index contributed by atoms with van der Waals surface area (Å²) in [6, 6.07) is 6.53. The maximum Gasteiger partial charge on any atom is 0.336 e. The Morgan fingerprint density at radius 1 is 1.21 bits per heavy atom. The van der Waals surface area contributed by atoms with Gasteiger partial charge in [-0.25, -0.2) is 14.4 Å². The first-order chi connectivity index (χ1) is 15.7. The van der Waals surface area contributed by atoms with Gasteiger partial charge in [0.2, 0.25) is 0 Å². The monoisotopic (exact) mass is 497 g/mol. The summed E-state index contributed by atoms with van der Waals surface area (Å²) in [6.45, 7) is 5.11. The average molecular weight is 498 g/mol. The van der Waals surface area contributed by atoms with E-state index in [1.807, 2.05) is 0 Å². The molecule has 0 bridgehead atoms. The Bertz CT molecular complexity index is 965. The van der Waals surface area contributed by atoms with E-state index in [1.165, 1.54) is 7.11 Å². The first-order valence-electron chi connectivity index (χ1n) is 10.2. The van der Waals surface area contributed by atoms with Crippen molar-refractivity contribution in [2.24, 2.45) is 0 Å². The second-order valence-electron chi connectivity index (χ2n) is 6.96. The standard InChI is InChI=1S/C22H28ClN3O6S/c1-6-31-21(28)19-16(11-32-13(3)25-22(29)26-33-5)24-12(2)17(20(27)30-4)18(19)14-9-7-8-10-15(14)23/h7-10,13,18,24H,6,11H2,1-5H3,(H2,25,26,29). The third-order valence-electron chi connectivity index (χ3n) is 4.77. The Balaban J connectivity index is 2.53. The number of esters is 2. The molecule has 180 valence electrons. The number of halogens is 1. The number of hydrogen-bond acceptors (Lipinski definition) is 8. The molecule has 1 aromatic carbocycles. The van der Waals surface area contributed by atoms with E-state index in [1.54, 1.807) is 51.3 Å². The average Bonchev–Trinajstić information content (AvgIpc) is 2.77. The quantitative estimate of drug-likeness (QED) is 0.270. The molecule has 33 heavy (non-hydrogen) atoms. The molecular formula is C22H28ClN3O6S. The number of allylic oxidation sites excluding steroid dienone is 1. The van der Waals surface area contributed by atoms with Gasteiger partial charge in [0.25, 0.3) is 0 Å². The van der Waals surface area contributed by atoms with Crippen molar-refractivity contribution in [3.8, 4) is 0 Å². The molecule has 1 aliphatic rings. The smallest absolute Gasteiger partial charge is 0.336 e. The van der Waals surface area contributed by atoms with Crippen LogP contribution in [0.4, 0.5) is 4.79 Å². The van der Waals surface area contributed by atoms with Gasteiger partial charge in [0.05, 0.1) is 43.1 Å². The summed E-state index contributed by atoms with van der Waals surface area (Å²) in [6.07, 6.45) is 1.05. The largest absolute Gasteiger partial charge is 0.466 e. The number of amides is 2. The van der Waals surface area contributed by atoms with E-state index >= 15 is 0 Å². The van der Waals surface area contributed by atoms with Crippen LogP contribution in [-0.4, -0.2) is 50.8 Å². The second-order valence-corrected chi connectivity index (χ2v) is 7.97. The number of urea groups is 1. The Morgan fingerprint density at radius 2 is 1.91 bits per heavy atom. The van der Waals surface area contributed by atoms with Gasteiger partial charge in [0.15, 0.2) is 0 Å². The highest BCUT2D eigenvalue weighted by molar-refractivity contribution is 7.97. The van der Waals surface area contributed by atoms with Gasteiger partial charge >= 0.3 is 18.0 Å². The van der Waals surface area contributed by atoms with E-state index in [0.29, 0.717) is 22.0 Å². The second kappa shape index (κ2) is 12.5. The Hall–Kier alpha value is -2.69. The number of carbonyl (C=O) groups is 3. The molecule has 3 N–H and O–H groups in total. The summed E-state index contributed by atoms with van der Waals surface area (Å²) in [7, 11) is 1.27. The topological polar surface area (TPSA) is 115 Å². The fourth-order valence-electron chi connectivity index (χ4n) is 3.42. The molecule has 0 aliphatic carbocycles. The van der Waals surface area contributed by atoms with Gasteiger partial charge in [-0.15, -0.1) is 0 Å². The number of carbonyl (C=O) groups excluding carboxylic acids is 3. The summed E-state index contributed by atoms with van der Waals surface area (Å²) < 4.78 is 18.6. The number of dihydropyridines is 1. The lowest BCUT2D eigenvalue weighted by atomic mass is 9.80. The molecule has 0 aromatic heterocycles. The van der Waals surface area contributed by atoms with Crippen molar-refractivity contribution in [3.63, 3.8) is 0 Å². The van der Waals surface area contributed by atoms with Crippen LogP contribution in [0.2, 0.25) is 5.02 Å². The Morgan fingerprint density at radius 3 is 2.52 bits per heavy atom. The number of methoxy groups -OCH3 is 1. The molecule has 11 heteroatoms. The highest BCUT2D eigenvalue weighted by Crippen LogP contribution is 2.41. The lowest BCUT2D eigenvalue weighted by Gasteiger charge is -2.32. The summed E-state index contributed by atoms with van der Waals surface area (Å²) in [5, 5.41) is 6.08. The van der Waals surface area contributed by atoms with Gasteiger partial charge in [-0.3, -0.25) is 4.72 Å². The van der Waals surface area contributed by atoms with E-state index < -0.39 is 30.1 Å². The first kappa shape index (κ1) is 26.6. The maximum absolute atomic E-state index is 13.1. The lowest BCUT2D eigenvalue weighted by Crippen LogP contribution is -2.41. The van der Waals surface area contributed by atoms with Crippen LogP contribution in [0.25, 0.3) is 0 Å². The lowest BCUT2D eigenvalue weighted by molar-refractivity contribution is -0.139. The van der Waals surface area contributed by atoms with Crippen molar-refractivity contribution in [3.05, 3.63) is 57.4 Å². The van der Waals surface area contributed by atoms with Gasteiger partial charge in [-0.1, -0.05) is 41.7 Å². The van der Waals surface area contributed by atoms with Gasteiger partial charge in [0, 0.05) is 17.0 Å². The number of nitrogens with one attached hydrogen (secondary N) is 3. The van der Waals surface area contributed by atoms with Crippen molar-refractivity contribution in [1.29, 1.82) is 0 Å². The molecule has 2 amide bonds. The van der Waals surface area contributed by atoms with Crippen LogP contribution < -0.4 is 15.4 Å². The SMILES string of the molecule is CCOC(=O)C1=C(COC(C)NC(=O)NSC)NC(C)=C(C(=O)OC)C1c1ccccc1Cl. The number of ether oxygens (including phenoxy) is 3. The van der Waals surface area contributed by atoms with Crippen LogP contribution in [0.3, 0.4) is 0 Å². The predicted molar refractivity (Wildman–Crippen MR) is 126 cm³/mol. The number of hydrogen-bond donors (Lipinski definition) is 3. The predicted octanol–water partition coefficient (Wildman–Crippen LogP) is 3.23. The molecule has 9 nitrogen and oxygen atoms in total. The van der Waals surface area contributed by atoms with E-state index in [9.17, 15) is 14.4 Å². The van der Waals surface area contributed by atoms with Crippen LogP contribution in [0.5, 0.6) is 0 Å². The highest BCUT2D eigenvalue weighted by Gasteiger charge is 2.39. The van der Waals surface area contributed by atoms with Gasteiger partial charge in [0.1, 0.15) is 6.23 Å². The summed E-state index contributed by atoms with van der Waals surface area (Å²) >= 11 is 7.62. The maximum atomic E-state index is 13.1. The molecule has 2 rings (SSSR count). The van der Waals surface area contributed by atoms with Gasteiger partial charge in [-0.05, 0) is 32.4 Å². The van der Waals surface area contributed by atoms with Crippen LogP contribution in [0, 0.1) is 0 Å². The number of rotatable bonds is 9.